The fourth-order valence-corrected chi connectivity index (χ4v) is 2.77. The van der Waals surface area contributed by atoms with Gasteiger partial charge in [0.15, 0.2) is 0 Å². The highest BCUT2D eigenvalue weighted by atomic mass is 35.5. The zero-order valence-electron chi connectivity index (χ0n) is 12.4. The number of hydrogen-bond acceptors (Lipinski definition) is 4. The van der Waals surface area contributed by atoms with Crippen molar-refractivity contribution in [3.63, 3.8) is 0 Å². The number of hydrogen-bond donors (Lipinski definition) is 2. The molecule has 22 heavy (non-hydrogen) atoms. The zero-order chi connectivity index (χ0) is 14.5. The Morgan fingerprint density at radius 3 is 2.91 bits per heavy atom. The molecular weight excluding hydrogens is 306 g/mol. The Labute approximate surface area is 136 Å². The summed E-state index contributed by atoms with van der Waals surface area (Å²) in [6.45, 7) is 3.30. The van der Waals surface area contributed by atoms with E-state index in [-0.39, 0.29) is 30.6 Å². The molecule has 2 aliphatic rings. The van der Waals surface area contributed by atoms with E-state index in [4.69, 9.17) is 9.47 Å². The molecule has 1 aromatic carbocycles. The van der Waals surface area contributed by atoms with Crippen LogP contribution in [0.5, 0.6) is 0 Å². The second kappa shape index (κ2) is 8.33. The van der Waals surface area contributed by atoms with Crippen LogP contribution in [0.1, 0.15) is 6.42 Å². The second-order valence-electron chi connectivity index (χ2n) is 5.36. The summed E-state index contributed by atoms with van der Waals surface area (Å²) >= 11 is 0. The van der Waals surface area contributed by atoms with Gasteiger partial charge in [-0.2, -0.15) is 0 Å². The number of para-hydroxylation sites is 1. The highest BCUT2D eigenvalue weighted by molar-refractivity contribution is 5.89. The molecule has 2 amide bonds. The van der Waals surface area contributed by atoms with Gasteiger partial charge in [0.1, 0.15) is 6.79 Å². The van der Waals surface area contributed by atoms with Crippen LogP contribution in [0.25, 0.3) is 0 Å². The SMILES string of the molecule is Cl.O=C(Nc1ccccc1)N1CCNCC1CC1COCO1. The lowest BCUT2D eigenvalue weighted by Crippen LogP contribution is -2.55. The minimum Gasteiger partial charge on any atom is -0.353 e. The molecule has 0 radical (unpaired) electrons. The Bertz CT molecular complexity index is 468. The van der Waals surface area contributed by atoms with Crippen molar-refractivity contribution in [3.8, 4) is 0 Å². The van der Waals surface area contributed by atoms with Crippen LogP contribution in [-0.2, 0) is 9.47 Å². The van der Waals surface area contributed by atoms with E-state index in [9.17, 15) is 4.79 Å². The summed E-state index contributed by atoms with van der Waals surface area (Å²) in [5, 5.41) is 6.29. The summed E-state index contributed by atoms with van der Waals surface area (Å²) < 4.78 is 10.7. The first kappa shape index (κ1) is 17.0. The third-order valence-corrected chi connectivity index (χ3v) is 3.86. The van der Waals surface area contributed by atoms with E-state index < -0.39 is 0 Å². The fraction of sp³-hybridized carbons (Fsp3) is 0.533. The average molecular weight is 328 g/mol. The predicted molar refractivity (Wildman–Crippen MR) is 86.4 cm³/mol. The van der Waals surface area contributed by atoms with E-state index >= 15 is 0 Å². The molecule has 2 fully saturated rings. The number of ether oxygens (including phenoxy) is 2. The molecule has 0 bridgehead atoms. The molecule has 0 spiro atoms. The second-order valence-corrected chi connectivity index (χ2v) is 5.36. The lowest BCUT2D eigenvalue weighted by atomic mass is 10.1. The van der Waals surface area contributed by atoms with Gasteiger partial charge < -0.3 is 25.0 Å². The monoisotopic (exact) mass is 327 g/mol. The number of anilines is 1. The maximum atomic E-state index is 12.5. The third kappa shape index (κ3) is 4.33. The third-order valence-electron chi connectivity index (χ3n) is 3.86. The quantitative estimate of drug-likeness (QED) is 0.886. The molecule has 6 nitrogen and oxygen atoms in total. The van der Waals surface area contributed by atoms with Gasteiger partial charge in [-0.1, -0.05) is 18.2 Å². The van der Waals surface area contributed by atoms with Gasteiger partial charge in [0, 0.05) is 31.4 Å². The molecule has 7 heteroatoms. The van der Waals surface area contributed by atoms with E-state index in [1.165, 1.54) is 0 Å². The fourth-order valence-electron chi connectivity index (χ4n) is 2.77. The lowest BCUT2D eigenvalue weighted by Gasteiger charge is -2.37. The summed E-state index contributed by atoms with van der Waals surface area (Å²) in [7, 11) is 0. The number of nitrogens with one attached hydrogen (secondary N) is 2. The van der Waals surface area contributed by atoms with Crippen molar-refractivity contribution in [2.75, 3.05) is 38.4 Å². The molecule has 0 aromatic heterocycles. The van der Waals surface area contributed by atoms with Crippen molar-refractivity contribution in [2.45, 2.75) is 18.6 Å². The standard InChI is InChI=1S/C15H21N3O3.ClH/c19-15(17-12-4-2-1-3-5-12)18-7-6-16-9-13(18)8-14-10-20-11-21-14;/h1-5,13-14,16H,6-11H2,(H,17,19);1H. The molecule has 0 aliphatic carbocycles. The van der Waals surface area contributed by atoms with Gasteiger partial charge in [0.05, 0.1) is 12.7 Å². The summed E-state index contributed by atoms with van der Waals surface area (Å²) in [4.78, 5) is 14.4. The Morgan fingerprint density at radius 1 is 1.36 bits per heavy atom. The van der Waals surface area contributed by atoms with E-state index in [1.807, 2.05) is 35.2 Å². The average Bonchev–Trinajstić information content (AvgIpc) is 3.02. The number of halogens is 1. The number of rotatable bonds is 3. The van der Waals surface area contributed by atoms with Crippen molar-refractivity contribution in [2.24, 2.45) is 0 Å². The number of piperazine rings is 1. The van der Waals surface area contributed by atoms with Crippen LogP contribution in [0.4, 0.5) is 10.5 Å². The molecule has 122 valence electrons. The normalized spacial score (nSPS) is 24.6. The minimum atomic E-state index is -0.0494. The Morgan fingerprint density at radius 2 is 2.18 bits per heavy atom. The molecular formula is C15H22ClN3O3. The first-order valence-corrected chi connectivity index (χ1v) is 7.35. The van der Waals surface area contributed by atoms with E-state index in [2.05, 4.69) is 10.6 Å². The largest absolute Gasteiger partial charge is 0.353 e. The topological polar surface area (TPSA) is 62.8 Å². The molecule has 3 rings (SSSR count). The molecule has 2 saturated heterocycles. The first-order valence-electron chi connectivity index (χ1n) is 7.35. The number of nitrogens with zero attached hydrogens (tertiary/aromatic N) is 1. The van der Waals surface area contributed by atoms with Gasteiger partial charge in [0.25, 0.3) is 0 Å². The highest BCUT2D eigenvalue weighted by Gasteiger charge is 2.30. The Kier molecular flexibility index (Phi) is 6.45. The van der Waals surface area contributed by atoms with Crippen LogP contribution >= 0.6 is 12.4 Å². The van der Waals surface area contributed by atoms with Crippen molar-refractivity contribution in [1.82, 2.24) is 10.2 Å². The first-order chi connectivity index (χ1) is 10.3. The lowest BCUT2D eigenvalue weighted by molar-refractivity contribution is 0.0353. The van der Waals surface area contributed by atoms with Gasteiger partial charge in [-0.3, -0.25) is 0 Å². The minimum absolute atomic E-state index is 0. The molecule has 1 aromatic rings. The number of carbonyl (C=O) groups is 1. The maximum Gasteiger partial charge on any atom is 0.322 e. The summed E-state index contributed by atoms with van der Waals surface area (Å²) in [5.74, 6) is 0. The summed E-state index contributed by atoms with van der Waals surface area (Å²) in [6, 6.07) is 9.62. The maximum absolute atomic E-state index is 12.5. The van der Waals surface area contributed by atoms with E-state index in [1.54, 1.807) is 0 Å². The predicted octanol–water partition coefficient (Wildman–Crippen LogP) is 1.68. The number of urea groups is 1. The van der Waals surface area contributed by atoms with Crippen molar-refractivity contribution >= 4 is 24.1 Å². The van der Waals surface area contributed by atoms with Crippen molar-refractivity contribution in [1.29, 1.82) is 0 Å². The Balaban J connectivity index is 0.00000176. The van der Waals surface area contributed by atoms with Gasteiger partial charge in [-0.25, -0.2) is 4.79 Å². The summed E-state index contributed by atoms with van der Waals surface area (Å²) in [5.41, 5.74) is 0.820. The van der Waals surface area contributed by atoms with Crippen LogP contribution in [0.2, 0.25) is 0 Å². The number of amides is 2. The van der Waals surface area contributed by atoms with Gasteiger partial charge in [0.2, 0.25) is 0 Å². The van der Waals surface area contributed by atoms with Gasteiger partial charge in [-0.05, 0) is 18.6 Å². The van der Waals surface area contributed by atoms with Crippen LogP contribution in [-0.4, -0.2) is 56.1 Å². The molecule has 2 heterocycles. The molecule has 0 saturated carbocycles. The number of carbonyl (C=O) groups excluding carboxylic acids is 1. The van der Waals surface area contributed by atoms with E-state index in [0.717, 1.165) is 25.2 Å². The van der Waals surface area contributed by atoms with Crippen molar-refractivity contribution in [3.05, 3.63) is 30.3 Å². The van der Waals surface area contributed by atoms with Crippen LogP contribution in [0.15, 0.2) is 30.3 Å². The van der Waals surface area contributed by atoms with Crippen LogP contribution in [0, 0.1) is 0 Å². The van der Waals surface area contributed by atoms with Crippen molar-refractivity contribution < 1.29 is 14.3 Å². The molecule has 2 unspecified atom stereocenters. The zero-order valence-corrected chi connectivity index (χ0v) is 13.2. The smallest absolute Gasteiger partial charge is 0.322 e. The summed E-state index contributed by atoms with van der Waals surface area (Å²) in [6.07, 6.45) is 0.886. The number of benzene rings is 1. The molecule has 2 atom stereocenters. The van der Waals surface area contributed by atoms with Crippen LogP contribution in [0.3, 0.4) is 0 Å². The molecule has 2 aliphatic heterocycles. The van der Waals surface area contributed by atoms with E-state index in [0.29, 0.717) is 19.9 Å². The van der Waals surface area contributed by atoms with Gasteiger partial charge in [-0.15, -0.1) is 12.4 Å². The van der Waals surface area contributed by atoms with Gasteiger partial charge >= 0.3 is 6.03 Å². The highest BCUT2D eigenvalue weighted by Crippen LogP contribution is 2.17. The van der Waals surface area contributed by atoms with Crippen LogP contribution < -0.4 is 10.6 Å². The molecule has 2 N–H and O–H groups in total. The Hall–Kier alpha value is -1.34.